The fourth-order valence-corrected chi connectivity index (χ4v) is 2.08. The summed E-state index contributed by atoms with van der Waals surface area (Å²) in [6.45, 7) is 1.72. The number of hydrogen-bond donors (Lipinski definition) is 2. The minimum atomic E-state index is -0.460. The molecule has 2 N–H and O–H groups in total. The van der Waals surface area contributed by atoms with Gasteiger partial charge in [0.25, 0.3) is 5.56 Å². The molecule has 0 aliphatic rings. The minimum Gasteiger partial charge on any atom is -0.502 e. The van der Waals surface area contributed by atoms with Crippen molar-refractivity contribution in [1.29, 1.82) is 5.26 Å². The number of benzene rings is 1. The lowest BCUT2D eigenvalue weighted by Gasteiger charge is -2.12. The maximum absolute atomic E-state index is 11.9. The SMILES string of the molecule is COc1cc(-c2cc(C)[nH]c(=O)c2C#N)cc(OC)c1O. The summed E-state index contributed by atoms with van der Waals surface area (Å²) in [5, 5.41) is 19.1. The third-order valence-electron chi connectivity index (χ3n) is 3.07. The Morgan fingerprint density at radius 1 is 1.19 bits per heavy atom. The monoisotopic (exact) mass is 286 g/mol. The largest absolute Gasteiger partial charge is 0.502 e. The number of nitriles is 1. The highest BCUT2D eigenvalue weighted by atomic mass is 16.5. The topological polar surface area (TPSA) is 95.3 Å². The third-order valence-corrected chi connectivity index (χ3v) is 3.07. The normalized spacial score (nSPS) is 10.0. The van der Waals surface area contributed by atoms with Crippen LogP contribution >= 0.6 is 0 Å². The number of ether oxygens (including phenoxy) is 2. The van der Waals surface area contributed by atoms with Gasteiger partial charge in [-0.15, -0.1) is 0 Å². The average Bonchev–Trinajstić information content (AvgIpc) is 2.46. The average molecular weight is 286 g/mol. The molecule has 0 aliphatic heterocycles. The smallest absolute Gasteiger partial charge is 0.266 e. The summed E-state index contributed by atoms with van der Waals surface area (Å²) in [7, 11) is 2.82. The molecule has 0 saturated heterocycles. The number of pyridine rings is 1. The zero-order valence-electron chi connectivity index (χ0n) is 11.9. The van der Waals surface area contributed by atoms with E-state index >= 15 is 0 Å². The summed E-state index contributed by atoms with van der Waals surface area (Å²) < 4.78 is 10.2. The van der Waals surface area contributed by atoms with E-state index in [1.54, 1.807) is 25.1 Å². The molecule has 0 spiro atoms. The molecule has 0 saturated carbocycles. The standard InChI is InChI=1S/C15H14N2O4/c1-8-4-10(11(7-16)15(19)17-8)9-5-12(20-2)14(18)13(6-9)21-3/h4-6,18H,1-3H3,(H,17,19). The molecule has 0 aliphatic carbocycles. The number of aryl methyl sites for hydroxylation is 1. The second kappa shape index (κ2) is 5.59. The molecule has 2 rings (SSSR count). The molecular formula is C15H14N2O4. The number of aromatic hydroxyl groups is 1. The van der Waals surface area contributed by atoms with Crippen molar-refractivity contribution in [3.05, 3.63) is 39.8 Å². The number of rotatable bonds is 3. The van der Waals surface area contributed by atoms with Crippen LogP contribution in [0, 0.1) is 18.3 Å². The van der Waals surface area contributed by atoms with Gasteiger partial charge in [-0.2, -0.15) is 5.26 Å². The lowest BCUT2D eigenvalue weighted by atomic mass is 10.00. The van der Waals surface area contributed by atoms with Gasteiger partial charge in [0.05, 0.1) is 14.2 Å². The van der Waals surface area contributed by atoms with Crippen LogP contribution in [-0.4, -0.2) is 24.3 Å². The molecule has 6 nitrogen and oxygen atoms in total. The van der Waals surface area contributed by atoms with Crippen molar-refractivity contribution < 1.29 is 14.6 Å². The molecule has 0 bridgehead atoms. The first-order chi connectivity index (χ1) is 10.0. The van der Waals surface area contributed by atoms with Crippen molar-refractivity contribution in [3.63, 3.8) is 0 Å². The van der Waals surface area contributed by atoms with Gasteiger partial charge in [-0.25, -0.2) is 0 Å². The second-order valence-electron chi connectivity index (χ2n) is 4.41. The van der Waals surface area contributed by atoms with E-state index in [1.165, 1.54) is 14.2 Å². The number of phenols is 1. The number of aromatic amines is 1. The minimum absolute atomic E-state index is 0.00426. The number of nitrogens with one attached hydrogen (secondary N) is 1. The molecule has 1 aromatic heterocycles. The Balaban J connectivity index is 2.79. The van der Waals surface area contributed by atoms with Crippen LogP contribution in [0.2, 0.25) is 0 Å². The molecule has 2 aromatic rings. The van der Waals surface area contributed by atoms with Gasteiger partial charge in [0.1, 0.15) is 11.6 Å². The summed E-state index contributed by atoms with van der Waals surface area (Å²) in [6, 6.07) is 6.67. The van der Waals surface area contributed by atoms with Gasteiger partial charge in [-0.3, -0.25) is 4.79 Å². The fraction of sp³-hybridized carbons (Fsp3) is 0.200. The van der Waals surface area contributed by atoms with Crippen LogP contribution in [0.1, 0.15) is 11.3 Å². The number of H-pyrrole nitrogens is 1. The van der Waals surface area contributed by atoms with Crippen LogP contribution in [0.3, 0.4) is 0 Å². The van der Waals surface area contributed by atoms with Gasteiger partial charge in [-0.1, -0.05) is 0 Å². The first-order valence-electron chi connectivity index (χ1n) is 6.11. The quantitative estimate of drug-likeness (QED) is 0.899. The van der Waals surface area contributed by atoms with Gasteiger partial charge in [-0.05, 0) is 30.7 Å². The van der Waals surface area contributed by atoms with Crippen molar-refractivity contribution in [2.45, 2.75) is 6.92 Å². The lowest BCUT2D eigenvalue weighted by molar-refractivity contribution is 0.340. The van der Waals surface area contributed by atoms with Gasteiger partial charge < -0.3 is 19.6 Å². The molecule has 1 heterocycles. The predicted molar refractivity (Wildman–Crippen MR) is 76.7 cm³/mol. The Morgan fingerprint density at radius 2 is 1.76 bits per heavy atom. The van der Waals surface area contributed by atoms with Crippen molar-refractivity contribution in [3.8, 4) is 34.4 Å². The van der Waals surface area contributed by atoms with E-state index in [-0.39, 0.29) is 22.8 Å². The van der Waals surface area contributed by atoms with E-state index in [1.807, 2.05) is 6.07 Å². The first-order valence-corrected chi connectivity index (χ1v) is 6.11. The van der Waals surface area contributed by atoms with Crippen LogP contribution in [-0.2, 0) is 0 Å². The second-order valence-corrected chi connectivity index (χ2v) is 4.41. The molecule has 0 fully saturated rings. The van der Waals surface area contributed by atoms with Crippen LogP contribution < -0.4 is 15.0 Å². The molecule has 0 radical (unpaired) electrons. The highest BCUT2D eigenvalue weighted by Gasteiger charge is 2.16. The highest BCUT2D eigenvalue weighted by Crippen LogP contribution is 2.40. The van der Waals surface area contributed by atoms with E-state index < -0.39 is 5.56 Å². The third kappa shape index (κ3) is 2.54. The molecular weight excluding hydrogens is 272 g/mol. The van der Waals surface area contributed by atoms with E-state index in [4.69, 9.17) is 9.47 Å². The molecule has 1 aromatic carbocycles. The summed E-state index contributed by atoms with van der Waals surface area (Å²) >= 11 is 0. The van der Waals surface area contributed by atoms with Gasteiger partial charge >= 0.3 is 0 Å². The number of aromatic nitrogens is 1. The number of hydrogen-bond acceptors (Lipinski definition) is 5. The van der Waals surface area contributed by atoms with Crippen molar-refractivity contribution in [2.24, 2.45) is 0 Å². The Kier molecular flexibility index (Phi) is 3.85. The van der Waals surface area contributed by atoms with Crippen LogP contribution in [0.5, 0.6) is 17.2 Å². The highest BCUT2D eigenvalue weighted by molar-refractivity contribution is 5.75. The molecule has 108 valence electrons. The van der Waals surface area contributed by atoms with Crippen LogP contribution in [0.25, 0.3) is 11.1 Å². The van der Waals surface area contributed by atoms with Gasteiger partial charge in [0, 0.05) is 11.3 Å². The molecule has 6 heteroatoms. The van der Waals surface area contributed by atoms with E-state index in [2.05, 4.69) is 4.98 Å². The summed E-state index contributed by atoms with van der Waals surface area (Å²) in [6.07, 6.45) is 0. The first kappa shape index (κ1) is 14.5. The summed E-state index contributed by atoms with van der Waals surface area (Å²) in [4.78, 5) is 14.4. The maximum atomic E-state index is 11.9. The molecule has 0 unspecified atom stereocenters. The van der Waals surface area contributed by atoms with Crippen molar-refractivity contribution in [1.82, 2.24) is 4.98 Å². The van der Waals surface area contributed by atoms with E-state index in [0.717, 1.165) is 0 Å². The fourth-order valence-electron chi connectivity index (χ4n) is 2.08. The Morgan fingerprint density at radius 3 is 2.24 bits per heavy atom. The van der Waals surface area contributed by atoms with E-state index in [0.29, 0.717) is 16.8 Å². The summed E-state index contributed by atoms with van der Waals surface area (Å²) in [5.74, 6) is 0.265. The Hall–Kier alpha value is -2.94. The maximum Gasteiger partial charge on any atom is 0.266 e. The molecule has 21 heavy (non-hydrogen) atoms. The Bertz CT molecular complexity index is 762. The zero-order chi connectivity index (χ0) is 15.6. The molecule has 0 atom stereocenters. The van der Waals surface area contributed by atoms with Crippen molar-refractivity contribution >= 4 is 0 Å². The van der Waals surface area contributed by atoms with Crippen molar-refractivity contribution in [2.75, 3.05) is 14.2 Å². The van der Waals surface area contributed by atoms with E-state index in [9.17, 15) is 15.2 Å². The molecule has 0 amide bonds. The van der Waals surface area contributed by atoms with Crippen LogP contribution in [0.4, 0.5) is 0 Å². The summed E-state index contributed by atoms with van der Waals surface area (Å²) in [5.41, 5.74) is 1.16. The number of methoxy groups -OCH3 is 2. The number of nitrogens with zero attached hydrogens (tertiary/aromatic N) is 1. The van der Waals surface area contributed by atoms with Gasteiger partial charge in [0.2, 0.25) is 5.75 Å². The predicted octanol–water partition coefficient (Wildman–Crippen LogP) is 1.94. The zero-order valence-corrected chi connectivity index (χ0v) is 11.9. The number of phenolic OH excluding ortho intramolecular Hbond substituents is 1. The van der Waals surface area contributed by atoms with Gasteiger partial charge in [0.15, 0.2) is 11.5 Å². The lowest BCUT2D eigenvalue weighted by Crippen LogP contribution is -2.12. The Labute approximate surface area is 121 Å². The van der Waals surface area contributed by atoms with Crippen LogP contribution in [0.15, 0.2) is 23.0 Å².